The van der Waals surface area contributed by atoms with Gasteiger partial charge in [-0.1, -0.05) is 73.2 Å². The summed E-state index contributed by atoms with van der Waals surface area (Å²) in [6, 6.07) is 34.0. The molecule has 3 aromatic carbocycles. The fourth-order valence-electron chi connectivity index (χ4n) is 5.09. The van der Waals surface area contributed by atoms with Crippen molar-refractivity contribution in [2.75, 3.05) is 6.16 Å². The highest BCUT2D eigenvalue weighted by Crippen LogP contribution is 2.56. The molecule has 1 fully saturated rings. The summed E-state index contributed by atoms with van der Waals surface area (Å²) in [5.74, 6) is 0.856. The van der Waals surface area contributed by atoms with Gasteiger partial charge in [-0.3, -0.25) is 0 Å². The van der Waals surface area contributed by atoms with Crippen molar-refractivity contribution < 1.29 is 17.0 Å². The molecule has 0 aliphatic heterocycles. The SMILES string of the molecule is CCC=C1CCC(CC[P+](c2ccccc2)(c2ccccc2)c2ccccc2)CC1.[Br-]. The van der Waals surface area contributed by atoms with Crippen molar-refractivity contribution in [3.8, 4) is 0 Å². The minimum atomic E-state index is -1.66. The maximum absolute atomic E-state index is 2.46. The zero-order chi connectivity index (χ0) is 20.7. The predicted octanol–water partition coefficient (Wildman–Crippen LogP) is 3.90. The zero-order valence-corrected chi connectivity index (χ0v) is 21.1. The summed E-state index contributed by atoms with van der Waals surface area (Å²) in [7, 11) is -1.66. The Labute approximate surface area is 199 Å². The molecule has 0 spiro atoms. The van der Waals surface area contributed by atoms with E-state index in [1.54, 1.807) is 5.57 Å². The number of halogens is 1. The zero-order valence-electron chi connectivity index (χ0n) is 18.6. The summed E-state index contributed by atoms with van der Waals surface area (Å²) in [4.78, 5) is 0. The lowest BCUT2D eigenvalue weighted by molar-refractivity contribution is -0.00000599. The third kappa shape index (κ3) is 5.57. The Morgan fingerprint density at radius 1 is 0.710 bits per heavy atom. The van der Waals surface area contributed by atoms with Gasteiger partial charge in [0.25, 0.3) is 0 Å². The highest BCUT2D eigenvalue weighted by molar-refractivity contribution is 7.95. The molecule has 0 unspecified atom stereocenters. The van der Waals surface area contributed by atoms with Crippen LogP contribution in [0.1, 0.15) is 45.4 Å². The van der Waals surface area contributed by atoms with Crippen LogP contribution < -0.4 is 32.9 Å². The van der Waals surface area contributed by atoms with E-state index in [-0.39, 0.29) is 17.0 Å². The lowest BCUT2D eigenvalue weighted by Crippen LogP contribution is -3.00. The second kappa shape index (κ2) is 11.8. The molecule has 0 bridgehead atoms. The fourth-order valence-corrected chi connectivity index (χ4v) is 9.55. The Hall–Kier alpha value is -1.69. The van der Waals surface area contributed by atoms with Crippen LogP contribution in [0, 0.1) is 5.92 Å². The maximum Gasteiger partial charge on any atom is 0.112 e. The van der Waals surface area contributed by atoms with E-state index in [1.165, 1.54) is 60.6 Å². The molecule has 3 aromatic rings. The molecule has 1 aliphatic rings. The summed E-state index contributed by atoms with van der Waals surface area (Å²) in [5, 5.41) is 4.55. The third-order valence-corrected chi connectivity index (χ3v) is 11.2. The number of hydrogen-bond acceptors (Lipinski definition) is 0. The van der Waals surface area contributed by atoms with Crippen LogP contribution in [0.3, 0.4) is 0 Å². The van der Waals surface area contributed by atoms with Gasteiger partial charge < -0.3 is 17.0 Å². The normalized spacial score (nSPS) is 16.4. The second-order valence-electron chi connectivity index (χ2n) is 8.54. The molecular weight excluding hydrogens is 459 g/mol. The van der Waals surface area contributed by atoms with Crippen molar-refractivity contribution in [2.24, 2.45) is 5.92 Å². The molecule has 2 heteroatoms. The molecule has 0 atom stereocenters. The van der Waals surface area contributed by atoms with Crippen molar-refractivity contribution in [3.05, 3.63) is 103 Å². The maximum atomic E-state index is 2.46. The number of allylic oxidation sites excluding steroid dienone is 2. The van der Waals surface area contributed by atoms with E-state index in [2.05, 4.69) is 104 Å². The van der Waals surface area contributed by atoms with E-state index in [4.69, 9.17) is 0 Å². The smallest absolute Gasteiger partial charge is 0.112 e. The molecule has 1 saturated carbocycles. The van der Waals surface area contributed by atoms with E-state index in [1.807, 2.05) is 0 Å². The van der Waals surface area contributed by atoms with E-state index in [0.29, 0.717) is 0 Å². The molecule has 0 amide bonds. The van der Waals surface area contributed by atoms with E-state index in [9.17, 15) is 0 Å². The average molecular weight is 493 g/mol. The molecule has 0 aromatic heterocycles. The Morgan fingerprint density at radius 3 is 1.52 bits per heavy atom. The quantitative estimate of drug-likeness (QED) is 0.346. The van der Waals surface area contributed by atoms with Crippen LogP contribution >= 0.6 is 7.26 Å². The molecular formula is C29H34BrP. The first-order valence-corrected chi connectivity index (χ1v) is 13.5. The van der Waals surface area contributed by atoms with Crippen molar-refractivity contribution in [2.45, 2.75) is 45.4 Å². The van der Waals surface area contributed by atoms with Crippen molar-refractivity contribution in [1.29, 1.82) is 0 Å². The monoisotopic (exact) mass is 492 g/mol. The molecule has 162 valence electrons. The Kier molecular flexibility index (Phi) is 9.12. The summed E-state index contributed by atoms with van der Waals surface area (Å²) >= 11 is 0. The molecule has 0 heterocycles. The van der Waals surface area contributed by atoms with Gasteiger partial charge in [0.05, 0.1) is 6.16 Å². The molecule has 31 heavy (non-hydrogen) atoms. The van der Waals surface area contributed by atoms with Gasteiger partial charge in [0.2, 0.25) is 0 Å². The Balaban J connectivity index is 0.00000272. The lowest BCUT2D eigenvalue weighted by atomic mass is 9.84. The first-order chi connectivity index (χ1) is 14.8. The van der Waals surface area contributed by atoms with Crippen molar-refractivity contribution >= 4 is 23.2 Å². The van der Waals surface area contributed by atoms with Gasteiger partial charge in [0, 0.05) is 0 Å². The molecule has 0 nitrogen and oxygen atoms in total. The van der Waals surface area contributed by atoms with Gasteiger partial charge in [-0.05, 0) is 80.8 Å². The molecule has 1 aliphatic carbocycles. The Morgan fingerprint density at radius 2 is 1.13 bits per heavy atom. The molecule has 0 N–H and O–H groups in total. The van der Waals surface area contributed by atoms with Crippen LogP contribution in [-0.2, 0) is 0 Å². The van der Waals surface area contributed by atoms with E-state index >= 15 is 0 Å². The molecule has 4 rings (SSSR count). The summed E-state index contributed by atoms with van der Waals surface area (Å²) in [5.41, 5.74) is 1.70. The van der Waals surface area contributed by atoms with Crippen LogP contribution in [0.4, 0.5) is 0 Å². The standard InChI is InChI=1S/C29H34P.BrH/c1-2-12-25-19-21-26(22-20-25)23-24-30(27-13-6-3-7-14-27,28-15-8-4-9-16-28)29-17-10-5-11-18-29;/h3-18,26H,2,19-24H2,1H3;1H/q+1;/p-1. The number of benzene rings is 3. The minimum absolute atomic E-state index is 0. The fraction of sp³-hybridized carbons (Fsp3) is 0.310. The van der Waals surface area contributed by atoms with Crippen molar-refractivity contribution in [3.63, 3.8) is 0 Å². The van der Waals surface area contributed by atoms with Crippen molar-refractivity contribution in [1.82, 2.24) is 0 Å². The predicted molar refractivity (Wildman–Crippen MR) is 135 cm³/mol. The minimum Gasteiger partial charge on any atom is -1.00 e. The van der Waals surface area contributed by atoms with Gasteiger partial charge >= 0.3 is 0 Å². The lowest BCUT2D eigenvalue weighted by Gasteiger charge is -2.30. The summed E-state index contributed by atoms with van der Waals surface area (Å²) in [6.07, 6.45) is 11.6. The van der Waals surface area contributed by atoms with Crippen LogP contribution in [0.15, 0.2) is 103 Å². The number of hydrogen-bond donors (Lipinski definition) is 0. The largest absolute Gasteiger partial charge is 1.00 e. The topological polar surface area (TPSA) is 0 Å². The van der Waals surface area contributed by atoms with Gasteiger partial charge in [-0.15, -0.1) is 0 Å². The van der Waals surface area contributed by atoms with Gasteiger partial charge in [-0.2, -0.15) is 0 Å². The highest BCUT2D eigenvalue weighted by atomic mass is 79.9. The van der Waals surface area contributed by atoms with Crippen LogP contribution in [-0.4, -0.2) is 6.16 Å². The van der Waals surface area contributed by atoms with Crippen LogP contribution in [0.2, 0.25) is 0 Å². The average Bonchev–Trinajstić information content (AvgIpc) is 2.83. The molecule has 0 radical (unpaired) electrons. The highest BCUT2D eigenvalue weighted by Gasteiger charge is 2.45. The van der Waals surface area contributed by atoms with E-state index < -0.39 is 7.26 Å². The molecule has 0 saturated heterocycles. The van der Waals surface area contributed by atoms with Gasteiger partial charge in [-0.25, -0.2) is 0 Å². The summed E-state index contributed by atoms with van der Waals surface area (Å²) in [6.45, 7) is 2.26. The van der Waals surface area contributed by atoms with Gasteiger partial charge in [0.15, 0.2) is 0 Å². The second-order valence-corrected chi connectivity index (χ2v) is 12.2. The first-order valence-electron chi connectivity index (χ1n) is 11.6. The summed E-state index contributed by atoms with van der Waals surface area (Å²) < 4.78 is 0. The Bertz CT molecular complexity index is 828. The van der Waals surface area contributed by atoms with Crippen LogP contribution in [0.5, 0.6) is 0 Å². The third-order valence-electron chi connectivity index (χ3n) is 6.70. The number of rotatable bonds is 7. The van der Waals surface area contributed by atoms with Gasteiger partial charge in [0.1, 0.15) is 23.2 Å². The van der Waals surface area contributed by atoms with Crippen LogP contribution in [0.25, 0.3) is 0 Å². The van der Waals surface area contributed by atoms with E-state index in [0.717, 1.165) is 5.92 Å². The first kappa shape index (κ1) is 24.0.